The van der Waals surface area contributed by atoms with Gasteiger partial charge in [-0.15, -0.1) is 0 Å². The number of anilines is 2. The van der Waals surface area contributed by atoms with Gasteiger partial charge in [-0.2, -0.15) is 0 Å². The highest BCUT2D eigenvalue weighted by Crippen LogP contribution is 2.32. The van der Waals surface area contributed by atoms with Crippen molar-refractivity contribution in [1.29, 1.82) is 0 Å². The number of nitrogens with one attached hydrogen (secondary N) is 1. The summed E-state index contributed by atoms with van der Waals surface area (Å²) >= 11 is 0. The molecule has 0 amide bonds. The molecule has 0 fully saturated rings. The van der Waals surface area contributed by atoms with Crippen LogP contribution in [-0.2, 0) is 12.0 Å². The van der Waals surface area contributed by atoms with Crippen LogP contribution in [0.3, 0.4) is 0 Å². The number of fused-ring (bicyclic) bond motifs is 1. The van der Waals surface area contributed by atoms with E-state index in [1.165, 1.54) is 22.5 Å². The van der Waals surface area contributed by atoms with Gasteiger partial charge in [0.05, 0.1) is 11.4 Å². The van der Waals surface area contributed by atoms with Crippen LogP contribution in [0.5, 0.6) is 0 Å². The van der Waals surface area contributed by atoms with E-state index in [1.807, 2.05) is 0 Å². The largest absolute Gasteiger partial charge is 0.381 e. The Balaban J connectivity index is 1.84. The SMILES string of the molecule is CC1CNc2ccccc2N1Cc1ccc(C(C)(C)C)cc1. The van der Waals surface area contributed by atoms with Gasteiger partial charge in [-0.25, -0.2) is 0 Å². The zero-order valence-electron chi connectivity index (χ0n) is 14.1. The molecule has 0 radical (unpaired) electrons. The van der Waals surface area contributed by atoms with Gasteiger partial charge in [0.15, 0.2) is 0 Å². The standard InChI is InChI=1S/C20H26N2/c1-15-13-21-18-7-5-6-8-19(18)22(15)14-16-9-11-17(12-10-16)20(2,3)4/h5-12,15,21H,13-14H2,1-4H3. The normalized spacial score (nSPS) is 17.8. The molecule has 0 aliphatic carbocycles. The van der Waals surface area contributed by atoms with Gasteiger partial charge in [-0.1, -0.05) is 57.2 Å². The molecular formula is C20H26N2. The van der Waals surface area contributed by atoms with E-state index in [4.69, 9.17) is 0 Å². The van der Waals surface area contributed by atoms with Crippen molar-refractivity contribution in [3.05, 3.63) is 59.7 Å². The van der Waals surface area contributed by atoms with Gasteiger partial charge in [0.2, 0.25) is 0 Å². The molecule has 0 bridgehead atoms. The van der Waals surface area contributed by atoms with E-state index in [9.17, 15) is 0 Å². The molecule has 22 heavy (non-hydrogen) atoms. The van der Waals surface area contributed by atoms with Crippen molar-refractivity contribution in [2.24, 2.45) is 0 Å². The second-order valence-electron chi connectivity index (χ2n) is 7.32. The number of benzene rings is 2. The average Bonchev–Trinajstić information content (AvgIpc) is 2.50. The summed E-state index contributed by atoms with van der Waals surface area (Å²) in [6.07, 6.45) is 0. The minimum absolute atomic E-state index is 0.216. The Bertz CT molecular complexity index is 638. The van der Waals surface area contributed by atoms with E-state index in [1.54, 1.807) is 0 Å². The number of rotatable bonds is 2. The maximum absolute atomic E-state index is 3.52. The van der Waals surface area contributed by atoms with Crippen molar-refractivity contribution in [2.45, 2.75) is 45.7 Å². The molecule has 116 valence electrons. The van der Waals surface area contributed by atoms with Crippen LogP contribution >= 0.6 is 0 Å². The monoisotopic (exact) mass is 294 g/mol. The fourth-order valence-corrected chi connectivity index (χ4v) is 3.03. The van der Waals surface area contributed by atoms with E-state index in [2.05, 4.69) is 86.4 Å². The Labute approximate surface area is 134 Å². The van der Waals surface area contributed by atoms with Gasteiger partial charge in [-0.3, -0.25) is 0 Å². The summed E-state index contributed by atoms with van der Waals surface area (Å²) < 4.78 is 0. The molecule has 1 unspecified atom stereocenters. The third kappa shape index (κ3) is 2.96. The second kappa shape index (κ2) is 5.68. The molecule has 1 aliphatic rings. The third-order valence-electron chi connectivity index (χ3n) is 4.51. The van der Waals surface area contributed by atoms with E-state index in [-0.39, 0.29) is 5.41 Å². The Morgan fingerprint density at radius 1 is 1.05 bits per heavy atom. The molecule has 1 heterocycles. The van der Waals surface area contributed by atoms with Crippen LogP contribution in [-0.4, -0.2) is 12.6 Å². The molecule has 2 aromatic carbocycles. The molecule has 0 saturated heterocycles. The first-order chi connectivity index (χ1) is 10.4. The smallest absolute Gasteiger partial charge is 0.0608 e. The lowest BCUT2D eigenvalue weighted by Gasteiger charge is -2.38. The van der Waals surface area contributed by atoms with Crippen LogP contribution in [0.15, 0.2) is 48.5 Å². The quantitative estimate of drug-likeness (QED) is 0.855. The summed E-state index contributed by atoms with van der Waals surface area (Å²) in [6, 6.07) is 18.2. The number of hydrogen-bond donors (Lipinski definition) is 1. The molecule has 1 aliphatic heterocycles. The van der Waals surface area contributed by atoms with E-state index in [0.29, 0.717) is 6.04 Å². The summed E-state index contributed by atoms with van der Waals surface area (Å²) in [7, 11) is 0. The summed E-state index contributed by atoms with van der Waals surface area (Å²) in [6.45, 7) is 11.0. The first-order valence-corrected chi connectivity index (χ1v) is 8.14. The zero-order valence-corrected chi connectivity index (χ0v) is 14.1. The van der Waals surface area contributed by atoms with E-state index >= 15 is 0 Å². The predicted molar refractivity (Wildman–Crippen MR) is 95.7 cm³/mol. The Morgan fingerprint density at radius 2 is 1.73 bits per heavy atom. The minimum Gasteiger partial charge on any atom is -0.381 e. The highest BCUT2D eigenvalue weighted by Gasteiger charge is 2.22. The van der Waals surface area contributed by atoms with Crippen LogP contribution < -0.4 is 10.2 Å². The highest BCUT2D eigenvalue weighted by molar-refractivity contribution is 5.72. The van der Waals surface area contributed by atoms with Crippen molar-refractivity contribution in [3.8, 4) is 0 Å². The van der Waals surface area contributed by atoms with Gasteiger partial charge in [0.25, 0.3) is 0 Å². The van der Waals surface area contributed by atoms with Crippen LogP contribution in [0.1, 0.15) is 38.8 Å². The van der Waals surface area contributed by atoms with Crippen molar-refractivity contribution in [1.82, 2.24) is 0 Å². The van der Waals surface area contributed by atoms with Gasteiger partial charge in [-0.05, 0) is 35.6 Å². The number of hydrogen-bond acceptors (Lipinski definition) is 2. The van der Waals surface area contributed by atoms with Crippen LogP contribution in [0.4, 0.5) is 11.4 Å². The molecule has 2 heteroatoms. The summed E-state index contributed by atoms with van der Waals surface area (Å²) in [5, 5.41) is 3.52. The summed E-state index contributed by atoms with van der Waals surface area (Å²) in [5.74, 6) is 0. The summed E-state index contributed by atoms with van der Waals surface area (Å²) in [5.41, 5.74) is 5.53. The molecule has 1 N–H and O–H groups in total. The van der Waals surface area contributed by atoms with Crippen molar-refractivity contribution < 1.29 is 0 Å². The Kier molecular flexibility index (Phi) is 3.86. The molecule has 2 nitrogen and oxygen atoms in total. The maximum Gasteiger partial charge on any atom is 0.0608 e. The van der Waals surface area contributed by atoms with E-state index < -0.39 is 0 Å². The number of nitrogens with zero attached hydrogens (tertiary/aromatic N) is 1. The minimum atomic E-state index is 0.216. The lowest BCUT2D eigenvalue weighted by atomic mass is 9.86. The van der Waals surface area contributed by atoms with Crippen molar-refractivity contribution in [3.63, 3.8) is 0 Å². The Morgan fingerprint density at radius 3 is 2.41 bits per heavy atom. The molecule has 0 spiro atoms. The van der Waals surface area contributed by atoms with Crippen LogP contribution in [0, 0.1) is 0 Å². The van der Waals surface area contributed by atoms with Crippen molar-refractivity contribution in [2.75, 3.05) is 16.8 Å². The van der Waals surface area contributed by atoms with Crippen LogP contribution in [0.2, 0.25) is 0 Å². The molecule has 1 atom stereocenters. The molecule has 0 aromatic heterocycles. The van der Waals surface area contributed by atoms with Crippen molar-refractivity contribution >= 4 is 11.4 Å². The van der Waals surface area contributed by atoms with Gasteiger partial charge >= 0.3 is 0 Å². The molecular weight excluding hydrogens is 268 g/mol. The average molecular weight is 294 g/mol. The van der Waals surface area contributed by atoms with Gasteiger partial charge in [0, 0.05) is 19.1 Å². The lowest BCUT2D eigenvalue weighted by Crippen LogP contribution is -2.41. The first kappa shape index (κ1) is 15.0. The maximum atomic E-state index is 3.52. The fourth-order valence-electron chi connectivity index (χ4n) is 3.03. The third-order valence-corrected chi connectivity index (χ3v) is 4.51. The molecule has 2 aromatic rings. The topological polar surface area (TPSA) is 15.3 Å². The first-order valence-electron chi connectivity index (χ1n) is 8.14. The molecule has 3 rings (SSSR count). The van der Waals surface area contributed by atoms with Crippen LogP contribution in [0.25, 0.3) is 0 Å². The van der Waals surface area contributed by atoms with Gasteiger partial charge < -0.3 is 10.2 Å². The second-order valence-corrected chi connectivity index (χ2v) is 7.32. The predicted octanol–water partition coefficient (Wildman–Crippen LogP) is 4.80. The number of para-hydroxylation sites is 2. The van der Waals surface area contributed by atoms with E-state index in [0.717, 1.165) is 13.1 Å². The summed E-state index contributed by atoms with van der Waals surface area (Å²) in [4.78, 5) is 2.50. The Hall–Kier alpha value is -1.96. The molecule has 0 saturated carbocycles. The highest BCUT2D eigenvalue weighted by atomic mass is 15.2. The zero-order chi connectivity index (χ0) is 15.7. The lowest BCUT2D eigenvalue weighted by molar-refractivity contribution is 0.589. The fraction of sp³-hybridized carbons (Fsp3) is 0.400. The van der Waals surface area contributed by atoms with Gasteiger partial charge in [0.1, 0.15) is 0 Å².